The minimum Gasteiger partial charge on any atom is -0.352 e. The molecule has 5 nitrogen and oxygen atoms in total. The van der Waals surface area contributed by atoms with Gasteiger partial charge in [0, 0.05) is 12.7 Å². The number of halogens is 5. The molecule has 1 aliphatic carbocycles. The molecule has 0 saturated heterocycles. The first-order valence-electron chi connectivity index (χ1n) is 8.69. The number of hydrogen-bond donors (Lipinski definition) is 2. The summed E-state index contributed by atoms with van der Waals surface area (Å²) in [5.74, 6) is -0.888. The lowest BCUT2D eigenvalue weighted by atomic mass is 10.1. The van der Waals surface area contributed by atoms with Crippen LogP contribution in [0.1, 0.15) is 41.7 Å². The van der Waals surface area contributed by atoms with E-state index in [4.69, 9.17) is 23.2 Å². The molecule has 1 amide bonds. The van der Waals surface area contributed by atoms with E-state index in [1.165, 1.54) is 12.1 Å². The topological polar surface area (TPSA) is 66.9 Å². The van der Waals surface area contributed by atoms with Gasteiger partial charge >= 0.3 is 6.18 Å². The predicted molar refractivity (Wildman–Crippen MR) is 101 cm³/mol. The lowest BCUT2D eigenvalue weighted by Crippen LogP contribution is -2.31. The molecule has 2 aromatic rings. The third-order valence-corrected chi connectivity index (χ3v) is 5.34. The van der Waals surface area contributed by atoms with E-state index in [2.05, 4.69) is 20.6 Å². The number of aromatic nitrogens is 2. The van der Waals surface area contributed by atoms with Gasteiger partial charge in [-0.1, -0.05) is 42.1 Å². The second kappa shape index (κ2) is 8.53. The molecule has 1 saturated carbocycles. The molecule has 150 valence electrons. The fourth-order valence-corrected chi connectivity index (χ4v) is 3.44. The van der Waals surface area contributed by atoms with Crippen molar-refractivity contribution in [3.8, 4) is 0 Å². The maximum Gasteiger partial charge on any atom is 0.434 e. The van der Waals surface area contributed by atoms with Gasteiger partial charge in [0.25, 0.3) is 5.91 Å². The molecule has 0 radical (unpaired) electrons. The molecule has 1 aliphatic rings. The highest BCUT2D eigenvalue weighted by molar-refractivity contribution is 6.43. The van der Waals surface area contributed by atoms with Crippen molar-refractivity contribution in [3.63, 3.8) is 0 Å². The van der Waals surface area contributed by atoms with Gasteiger partial charge in [-0.15, -0.1) is 0 Å². The quantitative estimate of drug-likeness (QED) is 0.657. The Morgan fingerprint density at radius 2 is 1.93 bits per heavy atom. The number of benzene rings is 1. The van der Waals surface area contributed by atoms with Crippen molar-refractivity contribution in [3.05, 3.63) is 45.7 Å². The fraction of sp³-hybridized carbons (Fsp3) is 0.389. The van der Waals surface area contributed by atoms with E-state index in [1.54, 1.807) is 6.07 Å². The zero-order valence-corrected chi connectivity index (χ0v) is 16.1. The Kier molecular flexibility index (Phi) is 6.30. The molecule has 0 atom stereocenters. The van der Waals surface area contributed by atoms with Crippen LogP contribution in [0, 0.1) is 5.92 Å². The van der Waals surface area contributed by atoms with Crippen LogP contribution in [0.5, 0.6) is 0 Å². The Labute approximate surface area is 169 Å². The maximum absolute atomic E-state index is 13.5. The predicted octanol–water partition coefficient (Wildman–Crippen LogP) is 5.47. The van der Waals surface area contributed by atoms with Crippen molar-refractivity contribution < 1.29 is 18.0 Å². The Balaban J connectivity index is 1.83. The summed E-state index contributed by atoms with van der Waals surface area (Å²) in [5, 5.41) is 5.51. The first-order valence-corrected chi connectivity index (χ1v) is 9.44. The van der Waals surface area contributed by atoms with Crippen molar-refractivity contribution in [1.82, 2.24) is 15.3 Å². The summed E-state index contributed by atoms with van der Waals surface area (Å²) in [6.45, 7) is 0.342. The average Bonchev–Trinajstić information content (AvgIpc) is 3.16. The van der Waals surface area contributed by atoms with Gasteiger partial charge in [0.1, 0.15) is 0 Å². The first kappa shape index (κ1) is 20.7. The van der Waals surface area contributed by atoms with Crippen LogP contribution in [0.4, 0.5) is 24.8 Å². The summed E-state index contributed by atoms with van der Waals surface area (Å²) in [6, 6.07) is 4.63. The van der Waals surface area contributed by atoms with Crippen LogP contribution >= 0.6 is 23.2 Å². The maximum atomic E-state index is 13.5. The van der Waals surface area contributed by atoms with Gasteiger partial charge in [-0.25, -0.2) is 9.97 Å². The molecular formula is C18H17Cl2F3N4O. The molecule has 1 aromatic heterocycles. The summed E-state index contributed by atoms with van der Waals surface area (Å²) >= 11 is 11.9. The van der Waals surface area contributed by atoms with Gasteiger partial charge < -0.3 is 10.6 Å². The third-order valence-electron chi connectivity index (χ3n) is 4.53. The van der Waals surface area contributed by atoms with E-state index in [9.17, 15) is 18.0 Å². The third kappa shape index (κ3) is 4.86. The molecule has 10 heteroatoms. The number of carbonyl (C=O) groups excluding carboxylic acids is 1. The van der Waals surface area contributed by atoms with Crippen molar-refractivity contribution >= 4 is 40.7 Å². The van der Waals surface area contributed by atoms with E-state index >= 15 is 0 Å². The van der Waals surface area contributed by atoms with Crippen molar-refractivity contribution in [2.24, 2.45) is 5.92 Å². The molecule has 1 heterocycles. The van der Waals surface area contributed by atoms with Crippen LogP contribution in [0.3, 0.4) is 0 Å². The molecule has 2 N–H and O–H groups in total. The number of nitrogens with one attached hydrogen (secondary N) is 2. The van der Waals surface area contributed by atoms with Crippen LogP contribution in [0.25, 0.3) is 0 Å². The number of anilines is 2. The first-order chi connectivity index (χ1) is 13.3. The number of carbonyl (C=O) groups is 1. The summed E-state index contributed by atoms with van der Waals surface area (Å²) < 4.78 is 40.4. The normalized spacial score (nSPS) is 14.9. The summed E-state index contributed by atoms with van der Waals surface area (Å²) in [7, 11) is 0. The number of amides is 1. The summed E-state index contributed by atoms with van der Waals surface area (Å²) in [5.41, 5.74) is -1.68. The van der Waals surface area contributed by atoms with Gasteiger partial charge in [-0.2, -0.15) is 13.2 Å². The lowest BCUT2D eigenvalue weighted by molar-refractivity contribution is -0.141. The van der Waals surface area contributed by atoms with E-state index in [0.29, 0.717) is 12.5 Å². The second-order valence-corrected chi connectivity index (χ2v) is 7.33. The van der Waals surface area contributed by atoms with E-state index < -0.39 is 23.3 Å². The number of alkyl halides is 3. The molecule has 3 rings (SSSR count). The van der Waals surface area contributed by atoms with Gasteiger partial charge in [0.15, 0.2) is 5.69 Å². The fourth-order valence-electron chi connectivity index (χ4n) is 3.09. The molecule has 1 fully saturated rings. The molecule has 0 unspecified atom stereocenters. The van der Waals surface area contributed by atoms with E-state index in [-0.39, 0.29) is 21.7 Å². The van der Waals surface area contributed by atoms with Crippen molar-refractivity contribution in [1.29, 1.82) is 0 Å². The molecule has 28 heavy (non-hydrogen) atoms. The van der Waals surface area contributed by atoms with E-state index in [1.807, 2.05) is 0 Å². The lowest BCUT2D eigenvalue weighted by Gasteiger charge is -2.15. The molecule has 0 spiro atoms. The van der Waals surface area contributed by atoms with Crippen LogP contribution < -0.4 is 10.6 Å². The van der Waals surface area contributed by atoms with Crippen LogP contribution in [-0.4, -0.2) is 22.4 Å². The highest BCUT2D eigenvalue weighted by atomic mass is 35.5. The van der Waals surface area contributed by atoms with E-state index in [0.717, 1.165) is 31.9 Å². The Morgan fingerprint density at radius 1 is 1.21 bits per heavy atom. The molecule has 1 aromatic carbocycles. The standard InChI is InChI=1S/C18H17Cl2F3N4O/c19-12-6-3-7-13(14(12)20)26-17-25-9-11(15(27-17)18(21,22)23)16(28)24-8-10-4-1-2-5-10/h3,6-7,9-10H,1-2,4-5,8H2,(H,24,28)(H,25,26,27). The van der Waals surface area contributed by atoms with Gasteiger partial charge in [0.2, 0.25) is 5.95 Å². The van der Waals surface area contributed by atoms with Crippen molar-refractivity contribution in [2.75, 3.05) is 11.9 Å². The summed E-state index contributed by atoms with van der Waals surface area (Å²) in [4.78, 5) is 19.6. The van der Waals surface area contributed by atoms with Gasteiger partial charge in [-0.05, 0) is 30.9 Å². The van der Waals surface area contributed by atoms with Gasteiger partial charge in [0.05, 0.1) is 21.3 Å². The number of hydrogen-bond acceptors (Lipinski definition) is 4. The largest absolute Gasteiger partial charge is 0.434 e. The average molecular weight is 433 g/mol. The zero-order chi connectivity index (χ0) is 20.3. The van der Waals surface area contributed by atoms with Crippen LogP contribution in [0.2, 0.25) is 10.0 Å². The summed E-state index contributed by atoms with van der Waals surface area (Å²) in [6.07, 6.45) is 0.115. The van der Waals surface area contributed by atoms with Crippen molar-refractivity contribution in [2.45, 2.75) is 31.9 Å². The minimum absolute atomic E-state index is 0.125. The van der Waals surface area contributed by atoms with Gasteiger partial charge in [-0.3, -0.25) is 4.79 Å². The number of rotatable bonds is 5. The smallest absolute Gasteiger partial charge is 0.352 e. The second-order valence-electron chi connectivity index (χ2n) is 6.54. The monoisotopic (exact) mass is 432 g/mol. The molecule has 0 aliphatic heterocycles. The zero-order valence-electron chi connectivity index (χ0n) is 14.6. The molecular weight excluding hydrogens is 416 g/mol. The SMILES string of the molecule is O=C(NCC1CCCC1)c1cnc(Nc2cccc(Cl)c2Cl)nc1C(F)(F)F. The minimum atomic E-state index is -4.82. The highest BCUT2D eigenvalue weighted by Gasteiger charge is 2.38. The Hall–Kier alpha value is -2.06. The highest BCUT2D eigenvalue weighted by Crippen LogP contribution is 2.34. The Bertz CT molecular complexity index is 870. The van der Waals surface area contributed by atoms with Crippen LogP contribution in [-0.2, 0) is 6.18 Å². The Morgan fingerprint density at radius 3 is 2.61 bits per heavy atom. The molecule has 0 bridgehead atoms. The van der Waals surface area contributed by atoms with Crippen LogP contribution in [0.15, 0.2) is 24.4 Å². The number of nitrogens with zero attached hydrogens (tertiary/aromatic N) is 2.